The van der Waals surface area contributed by atoms with E-state index in [0.29, 0.717) is 0 Å². The first-order valence-corrected chi connectivity index (χ1v) is 7.73. The zero-order chi connectivity index (χ0) is 15.4. The molecule has 6 heteroatoms. The van der Waals surface area contributed by atoms with Crippen LogP contribution in [0, 0.1) is 6.92 Å². The van der Waals surface area contributed by atoms with Gasteiger partial charge < -0.3 is 4.74 Å². The molecule has 0 saturated heterocycles. The summed E-state index contributed by atoms with van der Waals surface area (Å²) >= 11 is 3.52. The lowest BCUT2D eigenvalue weighted by Gasteiger charge is -2.20. The topological polar surface area (TPSA) is 65.1 Å². The molecule has 0 amide bonds. The molecule has 21 heavy (non-hydrogen) atoms. The second-order valence-electron chi connectivity index (χ2n) is 4.93. The second-order valence-corrected chi connectivity index (χ2v) is 5.78. The number of hydrogen-bond acceptors (Lipinski definition) is 4. The smallest absolute Gasteiger partial charge is 0.161 e. The Bertz CT molecular complexity index is 612. The van der Waals surface area contributed by atoms with Crippen LogP contribution in [0.5, 0.6) is 5.75 Å². The molecule has 1 atom stereocenters. The molecule has 2 aromatic rings. The standard InChI is InChI=1S/C15H21BrN4O/c1-4-7-20-15(13(21-3)9-18-20)14(19-17)11-5-6-12(16)10(2)8-11/h5-6,8-9,14,19H,4,7,17H2,1-3H3. The van der Waals surface area contributed by atoms with Crippen LogP contribution < -0.4 is 16.0 Å². The number of hydrogen-bond donors (Lipinski definition) is 2. The van der Waals surface area contributed by atoms with E-state index in [1.165, 1.54) is 0 Å². The Morgan fingerprint density at radius 1 is 1.48 bits per heavy atom. The summed E-state index contributed by atoms with van der Waals surface area (Å²) in [5, 5.41) is 4.40. The van der Waals surface area contributed by atoms with Crippen LogP contribution >= 0.6 is 15.9 Å². The first-order chi connectivity index (χ1) is 10.1. The van der Waals surface area contributed by atoms with E-state index in [9.17, 15) is 0 Å². The van der Waals surface area contributed by atoms with Gasteiger partial charge in [-0.2, -0.15) is 5.10 Å². The lowest BCUT2D eigenvalue weighted by molar-refractivity contribution is 0.398. The van der Waals surface area contributed by atoms with E-state index in [1.54, 1.807) is 13.3 Å². The summed E-state index contributed by atoms with van der Waals surface area (Å²) in [6, 6.07) is 6.02. The van der Waals surface area contributed by atoms with E-state index < -0.39 is 0 Å². The van der Waals surface area contributed by atoms with Gasteiger partial charge in [0, 0.05) is 11.0 Å². The Labute approximate surface area is 133 Å². The van der Waals surface area contributed by atoms with Gasteiger partial charge in [0.25, 0.3) is 0 Å². The maximum absolute atomic E-state index is 5.81. The van der Waals surface area contributed by atoms with Crippen molar-refractivity contribution in [1.29, 1.82) is 0 Å². The molecular formula is C15H21BrN4O. The fraction of sp³-hybridized carbons (Fsp3) is 0.400. The van der Waals surface area contributed by atoms with Gasteiger partial charge in [-0.05, 0) is 30.5 Å². The van der Waals surface area contributed by atoms with Gasteiger partial charge in [-0.1, -0.05) is 35.0 Å². The zero-order valence-electron chi connectivity index (χ0n) is 12.6. The second kappa shape index (κ2) is 7.06. The van der Waals surface area contributed by atoms with E-state index in [4.69, 9.17) is 10.6 Å². The number of aryl methyl sites for hydroxylation is 2. The minimum absolute atomic E-state index is 0.166. The van der Waals surface area contributed by atoms with Gasteiger partial charge >= 0.3 is 0 Å². The van der Waals surface area contributed by atoms with Crippen molar-refractivity contribution >= 4 is 15.9 Å². The monoisotopic (exact) mass is 352 g/mol. The highest BCUT2D eigenvalue weighted by Crippen LogP contribution is 2.31. The van der Waals surface area contributed by atoms with Gasteiger partial charge in [-0.3, -0.25) is 10.5 Å². The molecule has 0 aliphatic heterocycles. The number of methoxy groups -OCH3 is 1. The molecule has 5 nitrogen and oxygen atoms in total. The number of nitrogens with zero attached hydrogens (tertiary/aromatic N) is 2. The third kappa shape index (κ3) is 3.28. The van der Waals surface area contributed by atoms with Crippen LogP contribution in [0.2, 0.25) is 0 Å². The Morgan fingerprint density at radius 2 is 2.24 bits per heavy atom. The van der Waals surface area contributed by atoms with Gasteiger partial charge in [0.15, 0.2) is 5.75 Å². The van der Waals surface area contributed by atoms with Crippen molar-refractivity contribution in [2.75, 3.05) is 7.11 Å². The molecule has 2 rings (SSSR count). The zero-order valence-corrected chi connectivity index (χ0v) is 14.1. The predicted octanol–water partition coefficient (Wildman–Crippen LogP) is 2.93. The van der Waals surface area contributed by atoms with Gasteiger partial charge in [0.1, 0.15) is 5.69 Å². The quantitative estimate of drug-likeness (QED) is 0.619. The number of rotatable bonds is 6. The average molecular weight is 353 g/mol. The third-order valence-electron chi connectivity index (χ3n) is 3.46. The molecule has 1 aromatic carbocycles. The number of nitrogens with one attached hydrogen (secondary N) is 1. The van der Waals surface area contributed by atoms with Crippen molar-refractivity contribution in [1.82, 2.24) is 15.2 Å². The van der Waals surface area contributed by atoms with E-state index in [1.807, 2.05) is 16.8 Å². The number of hydrazine groups is 1. The molecule has 1 aromatic heterocycles. The summed E-state index contributed by atoms with van der Waals surface area (Å²) in [5.74, 6) is 6.56. The summed E-state index contributed by atoms with van der Waals surface area (Å²) in [5.41, 5.74) is 6.07. The van der Waals surface area contributed by atoms with Gasteiger partial charge in [-0.15, -0.1) is 0 Å². The lowest BCUT2D eigenvalue weighted by Crippen LogP contribution is -2.31. The first-order valence-electron chi connectivity index (χ1n) is 6.94. The van der Waals surface area contributed by atoms with Crippen molar-refractivity contribution in [2.45, 2.75) is 32.9 Å². The molecule has 0 radical (unpaired) electrons. The highest BCUT2D eigenvalue weighted by Gasteiger charge is 2.22. The molecule has 0 aliphatic carbocycles. The molecular weight excluding hydrogens is 332 g/mol. The van der Waals surface area contributed by atoms with Crippen molar-refractivity contribution in [3.8, 4) is 5.75 Å². The largest absolute Gasteiger partial charge is 0.493 e. The van der Waals surface area contributed by atoms with Gasteiger partial charge in [0.05, 0.1) is 19.3 Å². The van der Waals surface area contributed by atoms with E-state index in [-0.39, 0.29) is 6.04 Å². The highest BCUT2D eigenvalue weighted by molar-refractivity contribution is 9.10. The fourth-order valence-electron chi connectivity index (χ4n) is 2.40. The van der Waals surface area contributed by atoms with Crippen molar-refractivity contribution in [3.05, 3.63) is 45.7 Å². The summed E-state index contributed by atoms with van der Waals surface area (Å²) in [6.07, 6.45) is 2.73. The molecule has 3 N–H and O–H groups in total. The number of halogens is 1. The van der Waals surface area contributed by atoms with Crippen LogP contribution in [0.25, 0.3) is 0 Å². The van der Waals surface area contributed by atoms with Crippen LogP contribution in [0.15, 0.2) is 28.9 Å². The predicted molar refractivity (Wildman–Crippen MR) is 87.1 cm³/mol. The van der Waals surface area contributed by atoms with E-state index in [0.717, 1.165) is 40.0 Å². The molecule has 114 valence electrons. The number of ether oxygens (including phenoxy) is 1. The van der Waals surface area contributed by atoms with Crippen LogP contribution in [-0.2, 0) is 6.54 Å². The highest BCUT2D eigenvalue weighted by atomic mass is 79.9. The molecule has 0 aliphatic rings. The first kappa shape index (κ1) is 16.0. The van der Waals surface area contributed by atoms with Crippen molar-refractivity contribution in [2.24, 2.45) is 5.84 Å². The van der Waals surface area contributed by atoms with Crippen LogP contribution in [0.3, 0.4) is 0 Å². The number of benzene rings is 1. The Hall–Kier alpha value is -1.37. The molecule has 1 heterocycles. The normalized spacial score (nSPS) is 12.4. The number of aromatic nitrogens is 2. The molecule has 0 bridgehead atoms. The summed E-state index contributed by atoms with van der Waals surface area (Å²) in [4.78, 5) is 0. The average Bonchev–Trinajstić information content (AvgIpc) is 2.87. The van der Waals surface area contributed by atoms with E-state index in [2.05, 4.69) is 46.4 Å². The minimum atomic E-state index is -0.166. The molecule has 0 spiro atoms. The lowest BCUT2D eigenvalue weighted by atomic mass is 10.0. The summed E-state index contributed by atoms with van der Waals surface area (Å²) < 4.78 is 8.47. The van der Waals surface area contributed by atoms with Gasteiger partial charge in [-0.25, -0.2) is 5.43 Å². The minimum Gasteiger partial charge on any atom is -0.493 e. The summed E-state index contributed by atoms with van der Waals surface area (Å²) in [7, 11) is 1.65. The van der Waals surface area contributed by atoms with Crippen LogP contribution in [-0.4, -0.2) is 16.9 Å². The number of nitrogens with two attached hydrogens (primary N) is 1. The van der Waals surface area contributed by atoms with Crippen molar-refractivity contribution < 1.29 is 4.74 Å². The van der Waals surface area contributed by atoms with Crippen LogP contribution in [0.1, 0.15) is 36.2 Å². The van der Waals surface area contributed by atoms with E-state index >= 15 is 0 Å². The van der Waals surface area contributed by atoms with Crippen molar-refractivity contribution in [3.63, 3.8) is 0 Å². The molecule has 1 unspecified atom stereocenters. The van der Waals surface area contributed by atoms with Gasteiger partial charge in [0.2, 0.25) is 0 Å². The fourth-order valence-corrected chi connectivity index (χ4v) is 2.64. The Balaban J connectivity index is 2.49. The third-order valence-corrected chi connectivity index (χ3v) is 4.35. The SMILES string of the molecule is CCCn1ncc(OC)c1C(NN)c1ccc(Br)c(C)c1. The Morgan fingerprint density at radius 3 is 2.81 bits per heavy atom. The maximum atomic E-state index is 5.81. The molecule has 0 saturated carbocycles. The Kier molecular flexibility index (Phi) is 5.39. The summed E-state index contributed by atoms with van der Waals surface area (Å²) in [6.45, 7) is 5.00. The maximum Gasteiger partial charge on any atom is 0.161 e. The van der Waals surface area contributed by atoms with Crippen LogP contribution in [0.4, 0.5) is 0 Å². The molecule has 0 fully saturated rings.